The Kier molecular flexibility index (Phi) is 4.90. The maximum Gasteiger partial charge on any atom is 0.338 e. The highest BCUT2D eigenvalue weighted by Crippen LogP contribution is 2.32. The normalized spacial score (nSPS) is 11.7. The third-order valence-corrected chi connectivity index (χ3v) is 3.61. The van der Waals surface area contributed by atoms with E-state index >= 15 is 0 Å². The molecule has 1 amide bonds. The van der Waals surface area contributed by atoms with Gasteiger partial charge in [0, 0.05) is 11.1 Å². The number of nitrogens with one attached hydrogen (secondary N) is 1. The molecule has 0 aliphatic carbocycles. The second-order valence-corrected chi connectivity index (χ2v) is 5.55. The molecule has 0 fully saturated rings. The summed E-state index contributed by atoms with van der Waals surface area (Å²) in [6.07, 6.45) is 0. The zero-order chi connectivity index (χ0) is 18.7. The van der Waals surface area contributed by atoms with Crippen molar-refractivity contribution >= 4 is 34.9 Å². The van der Waals surface area contributed by atoms with Gasteiger partial charge in [0.1, 0.15) is 5.69 Å². The van der Waals surface area contributed by atoms with Gasteiger partial charge in [-0.25, -0.2) is 4.79 Å². The van der Waals surface area contributed by atoms with Crippen LogP contribution in [0.25, 0.3) is 0 Å². The first-order valence-electron chi connectivity index (χ1n) is 7.24. The number of carbonyl (C=O) groups is 2. The largest absolute Gasteiger partial charge is 0.454 e. The molecule has 2 aromatic rings. The van der Waals surface area contributed by atoms with Gasteiger partial charge in [-0.3, -0.25) is 14.9 Å². The van der Waals surface area contributed by atoms with Gasteiger partial charge in [0.15, 0.2) is 18.1 Å². The Morgan fingerprint density at radius 1 is 1.19 bits per heavy atom. The summed E-state index contributed by atoms with van der Waals surface area (Å²) >= 11 is 5.78. The molecule has 0 aromatic heterocycles. The maximum absolute atomic E-state index is 12.0. The van der Waals surface area contributed by atoms with Crippen LogP contribution in [0.5, 0.6) is 11.5 Å². The van der Waals surface area contributed by atoms with Crippen molar-refractivity contribution in [1.82, 2.24) is 0 Å². The first-order chi connectivity index (χ1) is 12.4. The molecule has 0 atom stereocenters. The van der Waals surface area contributed by atoms with E-state index in [9.17, 15) is 19.7 Å². The first-order valence-corrected chi connectivity index (χ1v) is 7.62. The quantitative estimate of drug-likeness (QED) is 0.483. The number of rotatable bonds is 5. The Labute approximate surface area is 151 Å². The van der Waals surface area contributed by atoms with Crippen molar-refractivity contribution in [1.29, 1.82) is 0 Å². The summed E-state index contributed by atoms with van der Waals surface area (Å²) in [5, 5.41) is 13.5. The van der Waals surface area contributed by atoms with Crippen LogP contribution in [0.15, 0.2) is 36.4 Å². The molecular formula is C16H11ClN2O7. The molecule has 1 heterocycles. The maximum atomic E-state index is 12.0. The van der Waals surface area contributed by atoms with Crippen molar-refractivity contribution in [2.75, 3.05) is 18.7 Å². The van der Waals surface area contributed by atoms with E-state index in [1.807, 2.05) is 0 Å². The molecule has 0 spiro atoms. The number of nitro groups is 1. The molecule has 0 saturated carbocycles. The van der Waals surface area contributed by atoms with E-state index in [-0.39, 0.29) is 28.8 Å². The molecule has 134 valence electrons. The number of benzene rings is 2. The predicted molar refractivity (Wildman–Crippen MR) is 89.6 cm³/mol. The van der Waals surface area contributed by atoms with Crippen molar-refractivity contribution in [3.63, 3.8) is 0 Å². The average Bonchev–Trinajstić information content (AvgIpc) is 3.07. The number of nitrogens with zero attached hydrogens (tertiary/aromatic N) is 1. The number of anilines is 1. The van der Waals surface area contributed by atoms with Crippen LogP contribution in [0.4, 0.5) is 11.4 Å². The zero-order valence-corrected chi connectivity index (χ0v) is 13.8. The minimum absolute atomic E-state index is 0.0641. The van der Waals surface area contributed by atoms with Crippen molar-refractivity contribution in [2.24, 2.45) is 0 Å². The fourth-order valence-corrected chi connectivity index (χ4v) is 2.36. The number of nitro benzene ring substituents is 1. The van der Waals surface area contributed by atoms with Gasteiger partial charge in [0.25, 0.3) is 11.6 Å². The van der Waals surface area contributed by atoms with Crippen LogP contribution < -0.4 is 14.8 Å². The molecule has 0 unspecified atom stereocenters. The topological polar surface area (TPSA) is 117 Å². The van der Waals surface area contributed by atoms with Gasteiger partial charge >= 0.3 is 5.97 Å². The number of hydrogen-bond donors (Lipinski definition) is 1. The lowest BCUT2D eigenvalue weighted by Crippen LogP contribution is -2.21. The third-order valence-electron chi connectivity index (χ3n) is 3.37. The summed E-state index contributed by atoms with van der Waals surface area (Å²) in [7, 11) is 0. The summed E-state index contributed by atoms with van der Waals surface area (Å²) in [5.74, 6) is -0.588. The van der Waals surface area contributed by atoms with Crippen LogP contribution in [0.1, 0.15) is 10.4 Å². The molecule has 0 radical (unpaired) electrons. The summed E-state index contributed by atoms with van der Waals surface area (Å²) < 4.78 is 15.2. The van der Waals surface area contributed by atoms with Gasteiger partial charge in [0.05, 0.1) is 10.5 Å². The molecule has 10 heteroatoms. The fourth-order valence-electron chi connectivity index (χ4n) is 2.19. The predicted octanol–water partition coefficient (Wildman–Crippen LogP) is 2.77. The second-order valence-electron chi connectivity index (χ2n) is 5.11. The lowest BCUT2D eigenvalue weighted by atomic mass is 10.2. The average molecular weight is 379 g/mol. The summed E-state index contributed by atoms with van der Waals surface area (Å²) in [6.45, 7) is -0.564. The van der Waals surface area contributed by atoms with Gasteiger partial charge in [0.2, 0.25) is 6.79 Å². The number of esters is 1. The number of ether oxygens (including phenoxy) is 3. The molecule has 1 aliphatic heterocycles. The third kappa shape index (κ3) is 3.83. The van der Waals surface area contributed by atoms with Crippen LogP contribution >= 0.6 is 11.6 Å². The van der Waals surface area contributed by atoms with Crippen LogP contribution in [0.2, 0.25) is 5.02 Å². The monoisotopic (exact) mass is 378 g/mol. The number of fused-ring (bicyclic) bond motifs is 1. The van der Waals surface area contributed by atoms with Gasteiger partial charge in [-0.2, -0.15) is 0 Å². The van der Waals surface area contributed by atoms with E-state index in [1.165, 1.54) is 24.3 Å². The molecule has 2 aromatic carbocycles. The molecule has 9 nitrogen and oxygen atoms in total. The SMILES string of the molecule is O=C(COC(=O)c1ccc2c(c1)OCO2)Nc1cc(Cl)ccc1[N+](=O)[O-]. The highest BCUT2D eigenvalue weighted by molar-refractivity contribution is 6.31. The Morgan fingerprint density at radius 3 is 2.73 bits per heavy atom. The lowest BCUT2D eigenvalue weighted by Gasteiger charge is -2.08. The smallest absolute Gasteiger partial charge is 0.338 e. The molecular weight excluding hydrogens is 368 g/mol. The van der Waals surface area contributed by atoms with Crippen molar-refractivity contribution in [2.45, 2.75) is 0 Å². The van der Waals surface area contributed by atoms with E-state index in [0.717, 1.165) is 6.07 Å². The number of hydrogen-bond acceptors (Lipinski definition) is 7. The van der Waals surface area contributed by atoms with E-state index in [4.69, 9.17) is 25.8 Å². The minimum atomic E-state index is -0.751. The number of halogens is 1. The Hall–Kier alpha value is -3.33. The summed E-state index contributed by atoms with van der Waals surface area (Å²) in [5.41, 5.74) is -0.243. The zero-order valence-electron chi connectivity index (χ0n) is 13.1. The van der Waals surface area contributed by atoms with Crippen LogP contribution in [0, 0.1) is 10.1 Å². The summed E-state index contributed by atoms with van der Waals surface area (Å²) in [4.78, 5) is 34.2. The van der Waals surface area contributed by atoms with E-state index in [1.54, 1.807) is 6.07 Å². The fraction of sp³-hybridized carbons (Fsp3) is 0.125. The molecule has 0 bridgehead atoms. The highest BCUT2D eigenvalue weighted by Gasteiger charge is 2.19. The van der Waals surface area contributed by atoms with E-state index in [0.29, 0.717) is 11.5 Å². The van der Waals surface area contributed by atoms with Crippen LogP contribution in [-0.4, -0.2) is 30.2 Å². The summed E-state index contributed by atoms with van der Waals surface area (Å²) in [6, 6.07) is 8.18. The van der Waals surface area contributed by atoms with Crippen molar-refractivity contribution in [3.05, 3.63) is 57.1 Å². The van der Waals surface area contributed by atoms with E-state index < -0.39 is 23.4 Å². The standard InChI is InChI=1S/C16H11ClN2O7/c17-10-2-3-12(19(22)23)11(6-10)18-15(20)7-24-16(21)9-1-4-13-14(5-9)26-8-25-13/h1-6H,7-8H2,(H,18,20). The molecule has 1 N–H and O–H groups in total. The van der Waals surface area contributed by atoms with Gasteiger partial charge < -0.3 is 19.5 Å². The first kappa shape index (κ1) is 17.5. The van der Waals surface area contributed by atoms with Gasteiger partial charge in [-0.05, 0) is 30.3 Å². The molecule has 3 rings (SSSR count). The Bertz CT molecular complexity index is 900. The lowest BCUT2D eigenvalue weighted by molar-refractivity contribution is -0.383. The number of amides is 1. The Balaban J connectivity index is 1.62. The van der Waals surface area contributed by atoms with Gasteiger partial charge in [-0.1, -0.05) is 11.6 Å². The van der Waals surface area contributed by atoms with Crippen LogP contribution in [0.3, 0.4) is 0 Å². The Morgan fingerprint density at radius 2 is 1.96 bits per heavy atom. The van der Waals surface area contributed by atoms with Crippen molar-refractivity contribution < 1.29 is 28.7 Å². The number of carbonyl (C=O) groups excluding carboxylic acids is 2. The van der Waals surface area contributed by atoms with E-state index in [2.05, 4.69) is 5.32 Å². The second kappa shape index (κ2) is 7.28. The van der Waals surface area contributed by atoms with Crippen LogP contribution in [-0.2, 0) is 9.53 Å². The highest BCUT2D eigenvalue weighted by atomic mass is 35.5. The molecule has 1 aliphatic rings. The molecule has 26 heavy (non-hydrogen) atoms. The van der Waals surface area contributed by atoms with Crippen molar-refractivity contribution in [3.8, 4) is 11.5 Å². The minimum Gasteiger partial charge on any atom is -0.454 e. The molecule has 0 saturated heterocycles. The van der Waals surface area contributed by atoms with Gasteiger partial charge in [-0.15, -0.1) is 0 Å².